The number of halogens is 1. The highest BCUT2D eigenvalue weighted by atomic mass is 35.5. The summed E-state index contributed by atoms with van der Waals surface area (Å²) in [5, 5.41) is 3.94. The molecule has 5 heteroatoms. The molecule has 1 aromatic carbocycles. The summed E-state index contributed by atoms with van der Waals surface area (Å²) in [6.07, 6.45) is 2.62. The Morgan fingerprint density at radius 1 is 1.15 bits per heavy atom. The lowest BCUT2D eigenvalue weighted by molar-refractivity contribution is 0.223. The van der Waals surface area contributed by atoms with Gasteiger partial charge in [0, 0.05) is 18.2 Å². The topological polar surface area (TPSA) is 38.5 Å². The van der Waals surface area contributed by atoms with Gasteiger partial charge >= 0.3 is 0 Å². The minimum absolute atomic E-state index is 0. The first-order valence-corrected chi connectivity index (χ1v) is 6.79. The van der Waals surface area contributed by atoms with Crippen LogP contribution < -0.4 is 4.74 Å². The highest BCUT2D eigenvalue weighted by molar-refractivity contribution is 5.85. The Balaban J connectivity index is 0.00000147. The number of nitrogens with zero attached hydrogens (tertiary/aromatic N) is 2. The van der Waals surface area contributed by atoms with E-state index in [0.29, 0.717) is 12.5 Å². The number of aromatic nitrogens is 1. The first-order chi connectivity index (χ1) is 9.42. The molecule has 2 aromatic rings. The fraction of sp³-hybridized carbons (Fsp3) is 0.400. The van der Waals surface area contributed by atoms with Crippen LogP contribution in [0.3, 0.4) is 0 Å². The molecule has 2 heterocycles. The maximum absolute atomic E-state index is 5.62. The van der Waals surface area contributed by atoms with E-state index in [1.165, 1.54) is 25.9 Å². The zero-order valence-corrected chi connectivity index (χ0v) is 12.1. The SMILES string of the molecule is Cl.c1ccc(-c2cc(OCCN3CCCC3)no2)cc1. The van der Waals surface area contributed by atoms with E-state index in [0.717, 1.165) is 17.9 Å². The number of likely N-dealkylation sites (tertiary alicyclic amines) is 1. The molecule has 1 aromatic heterocycles. The van der Waals surface area contributed by atoms with Crippen molar-refractivity contribution in [2.24, 2.45) is 0 Å². The summed E-state index contributed by atoms with van der Waals surface area (Å²) in [5.41, 5.74) is 1.02. The molecule has 1 aliphatic rings. The van der Waals surface area contributed by atoms with Gasteiger partial charge < -0.3 is 9.26 Å². The fourth-order valence-corrected chi connectivity index (χ4v) is 2.35. The summed E-state index contributed by atoms with van der Waals surface area (Å²) in [7, 11) is 0. The van der Waals surface area contributed by atoms with E-state index in [1.807, 2.05) is 36.4 Å². The molecule has 0 N–H and O–H groups in total. The second-order valence-corrected chi connectivity index (χ2v) is 4.79. The number of benzene rings is 1. The first-order valence-electron chi connectivity index (χ1n) is 6.79. The van der Waals surface area contributed by atoms with Gasteiger partial charge in [0.2, 0.25) is 0 Å². The van der Waals surface area contributed by atoms with E-state index in [9.17, 15) is 0 Å². The molecule has 1 fully saturated rings. The number of hydrogen-bond acceptors (Lipinski definition) is 4. The van der Waals surface area contributed by atoms with E-state index in [2.05, 4.69) is 10.1 Å². The smallest absolute Gasteiger partial charge is 0.254 e. The number of hydrogen-bond donors (Lipinski definition) is 0. The number of ether oxygens (including phenoxy) is 1. The van der Waals surface area contributed by atoms with Gasteiger partial charge in [-0.1, -0.05) is 30.3 Å². The Morgan fingerprint density at radius 2 is 1.90 bits per heavy atom. The van der Waals surface area contributed by atoms with E-state index >= 15 is 0 Å². The van der Waals surface area contributed by atoms with Gasteiger partial charge in [-0.05, 0) is 31.1 Å². The number of rotatable bonds is 5. The largest absolute Gasteiger partial charge is 0.474 e. The minimum Gasteiger partial charge on any atom is -0.474 e. The van der Waals surface area contributed by atoms with Crippen LogP contribution in [0.1, 0.15) is 12.8 Å². The van der Waals surface area contributed by atoms with Gasteiger partial charge in [0.25, 0.3) is 5.88 Å². The molecule has 4 nitrogen and oxygen atoms in total. The molecule has 20 heavy (non-hydrogen) atoms. The van der Waals surface area contributed by atoms with Crippen LogP contribution in [0, 0.1) is 0 Å². The van der Waals surface area contributed by atoms with Crippen LogP contribution in [-0.4, -0.2) is 36.3 Å². The van der Waals surface area contributed by atoms with Gasteiger partial charge in [-0.2, -0.15) is 0 Å². The van der Waals surface area contributed by atoms with Gasteiger partial charge in [0.15, 0.2) is 5.76 Å². The monoisotopic (exact) mass is 294 g/mol. The van der Waals surface area contributed by atoms with Crippen molar-refractivity contribution in [3.05, 3.63) is 36.4 Å². The summed E-state index contributed by atoms with van der Waals surface area (Å²) in [6, 6.07) is 11.8. The van der Waals surface area contributed by atoms with Crippen molar-refractivity contribution in [2.45, 2.75) is 12.8 Å². The van der Waals surface area contributed by atoms with E-state index in [-0.39, 0.29) is 12.4 Å². The molecule has 0 atom stereocenters. The van der Waals surface area contributed by atoms with Crippen molar-refractivity contribution >= 4 is 12.4 Å². The van der Waals surface area contributed by atoms with Crippen LogP contribution in [-0.2, 0) is 0 Å². The standard InChI is InChI=1S/C15H18N2O2.ClH/c1-2-6-13(7-3-1)14-12-15(16-19-14)18-11-10-17-8-4-5-9-17;/h1-3,6-7,12H,4-5,8-11H2;1H. The summed E-state index contributed by atoms with van der Waals surface area (Å²) >= 11 is 0. The predicted octanol–water partition coefficient (Wildman–Crippen LogP) is 3.24. The molecule has 0 aliphatic carbocycles. The summed E-state index contributed by atoms with van der Waals surface area (Å²) in [6.45, 7) is 4.02. The highest BCUT2D eigenvalue weighted by Gasteiger charge is 2.12. The van der Waals surface area contributed by atoms with Gasteiger partial charge in [0.05, 0.1) is 0 Å². The lowest BCUT2D eigenvalue weighted by Crippen LogP contribution is -2.25. The van der Waals surface area contributed by atoms with Crippen molar-refractivity contribution in [2.75, 3.05) is 26.2 Å². The Hall–Kier alpha value is -1.52. The lowest BCUT2D eigenvalue weighted by Gasteiger charge is -2.13. The first kappa shape index (κ1) is 14.9. The van der Waals surface area contributed by atoms with Gasteiger partial charge in [-0.25, -0.2) is 0 Å². The second kappa shape index (κ2) is 7.31. The van der Waals surface area contributed by atoms with Crippen LogP contribution in [0.4, 0.5) is 0 Å². The lowest BCUT2D eigenvalue weighted by atomic mass is 10.2. The normalized spacial score (nSPS) is 15.0. The molecule has 0 spiro atoms. The third kappa shape index (κ3) is 3.74. The molecule has 1 saturated heterocycles. The van der Waals surface area contributed by atoms with Gasteiger partial charge in [-0.15, -0.1) is 12.4 Å². The van der Waals surface area contributed by atoms with Crippen molar-refractivity contribution in [3.63, 3.8) is 0 Å². The molecule has 0 saturated carbocycles. The molecular weight excluding hydrogens is 276 g/mol. The van der Waals surface area contributed by atoms with Crippen LogP contribution in [0.2, 0.25) is 0 Å². The predicted molar refractivity (Wildman–Crippen MR) is 80.4 cm³/mol. The van der Waals surface area contributed by atoms with Crippen molar-refractivity contribution in [1.29, 1.82) is 0 Å². The molecule has 0 radical (unpaired) electrons. The summed E-state index contributed by atoms with van der Waals surface area (Å²) in [5.74, 6) is 1.31. The fourth-order valence-electron chi connectivity index (χ4n) is 2.35. The Kier molecular flexibility index (Phi) is 5.44. The molecule has 3 rings (SSSR count). The highest BCUT2D eigenvalue weighted by Crippen LogP contribution is 2.23. The maximum atomic E-state index is 5.62. The Morgan fingerprint density at radius 3 is 2.65 bits per heavy atom. The average molecular weight is 295 g/mol. The van der Waals surface area contributed by atoms with Gasteiger partial charge in [0.1, 0.15) is 6.61 Å². The molecule has 0 amide bonds. The van der Waals surface area contributed by atoms with Crippen molar-refractivity contribution in [3.8, 4) is 17.2 Å². The molecule has 108 valence electrons. The van der Waals surface area contributed by atoms with Crippen molar-refractivity contribution in [1.82, 2.24) is 10.1 Å². The van der Waals surface area contributed by atoms with Crippen LogP contribution >= 0.6 is 12.4 Å². The molecular formula is C15H19ClN2O2. The minimum atomic E-state index is 0. The summed E-state index contributed by atoms with van der Waals surface area (Å²) < 4.78 is 10.9. The third-order valence-corrected chi connectivity index (χ3v) is 3.40. The molecule has 0 unspecified atom stereocenters. The van der Waals surface area contributed by atoms with Crippen molar-refractivity contribution < 1.29 is 9.26 Å². The van der Waals surface area contributed by atoms with Crippen LogP contribution in [0.25, 0.3) is 11.3 Å². The molecule has 1 aliphatic heterocycles. The quantitative estimate of drug-likeness (QED) is 0.848. The third-order valence-electron chi connectivity index (χ3n) is 3.40. The Bertz CT molecular complexity index is 510. The summed E-state index contributed by atoms with van der Waals surface area (Å²) in [4.78, 5) is 2.41. The maximum Gasteiger partial charge on any atom is 0.254 e. The Labute approximate surface area is 125 Å². The molecule has 0 bridgehead atoms. The van der Waals surface area contributed by atoms with Gasteiger partial charge in [-0.3, -0.25) is 4.90 Å². The second-order valence-electron chi connectivity index (χ2n) is 4.79. The van der Waals surface area contributed by atoms with E-state index in [4.69, 9.17) is 9.26 Å². The average Bonchev–Trinajstić information content (AvgIpc) is 3.11. The van der Waals surface area contributed by atoms with E-state index < -0.39 is 0 Å². The van der Waals surface area contributed by atoms with Crippen LogP contribution in [0.5, 0.6) is 5.88 Å². The zero-order chi connectivity index (χ0) is 12.9. The van der Waals surface area contributed by atoms with E-state index in [1.54, 1.807) is 0 Å². The van der Waals surface area contributed by atoms with Crippen LogP contribution in [0.15, 0.2) is 40.9 Å². The zero-order valence-electron chi connectivity index (χ0n) is 11.3.